The molecule has 1 N–H and O–H groups in total. The van der Waals surface area contributed by atoms with E-state index in [1.807, 2.05) is 6.92 Å². The molecule has 0 saturated carbocycles. The van der Waals surface area contributed by atoms with Crippen LogP contribution in [0.1, 0.15) is 37.2 Å². The highest BCUT2D eigenvalue weighted by Crippen LogP contribution is 2.28. The Morgan fingerprint density at radius 3 is 2.89 bits per heavy atom. The minimum Gasteiger partial charge on any atom is -0.485 e. The molecule has 0 aliphatic carbocycles. The number of aryl methyl sites for hydroxylation is 1. The van der Waals surface area contributed by atoms with Crippen LogP contribution < -0.4 is 4.74 Å². The van der Waals surface area contributed by atoms with Crippen LogP contribution in [0.3, 0.4) is 0 Å². The molecule has 2 aromatic rings. The van der Waals surface area contributed by atoms with Crippen LogP contribution in [0.5, 0.6) is 5.75 Å². The summed E-state index contributed by atoms with van der Waals surface area (Å²) in [5, 5.41) is 14.0. The molecule has 0 amide bonds. The summed E-state index contributed by atoms with van der Waals surface area (Å²) in [6.07, 6.45) is 0.0255. The summed E-state index contributed by atoms with van der Waals surface area (Å²) in [7, 11) is 0. The van der Waals surface area contributed by atoms with Crippen molar-refractivity contribution in [3.63, 3.8) is 0 Å². The van der Waals surface area contributed by atoms with Gasteiger partial charge in [0.2, 0.25) is 11.7 Å². The van der Waals surface area contributed by atoms with Gasteiger partial charge in [-0.25, -0.2) is 0 Å². The third-order valence-corrected chi connectivity index (χ3v) is 2.83. The summed E-state index contributed by atoms with van der Waals surface area (Å²) < 4.78 is 10.6. The Labute approximate surface area is 116 Å². The summed E-state index contributed by atoms with van der Waals surface area (Å²) in [5.41, 5.74) is 0.631. The highest BCUT2D eigenvalue weighted by atomic mass is 35.5. The Kier molecular flexibility index (Phi) is 4.39. The quantitative estimate of drug-likeness (QED) is 0.913. The fourth-order valence-corrected chi connectivity index (χ4v) is 1.79. The van der Waals surface area contributed by atoms with E-state index in [0.29, 0.717) is 34.5 Å². The van der Waals surface area contributed by atoms with E-state index in [-0.39, 0.29) is 6.61 Å². The van der Waals surface area contributed by atoms with Gasteiger partial charge >= 0.3 is 0 Å². The lowest BCUT2D eigenvalue weighted by Gasteiger charge is -2.12. The summed E-state index contributed by atoms with van der Waals surface area (Å²) in [6.45, 7) is 3.77. The summed E-state index contributed by atoms with van der Waals surface area (Å²) >= 11 is 5.89. The van der Waals surface area contributed by atoms with Crippen LogP contribution in [-0.4, -0.2) is 15.2 Å². The highest BCUT2D eigenvalue weighted by molar-refractivity contribution is 6.30. The molecule has 0 aliphatic rings. The largest absolute Gasteiger partial charge is 0.485 e. The van der Waals surface area contributed by atoms with Gasteiger partial charge in [-0.2, -0.15) is 4.98 Å². The monoisotopic (exact) mass is 282 g/mol. The predicted octanol–water partition coefficient (Wildman–Crippen LogP) is 2.92. The molecule has 5 nitrogen and oxygen atoms in total. The lowest BCUT2D eigenvalue weighted by molar-refractivity contribution is 0.189. The van der Waals surface area contributed by atoms with Crippen molar-refractivity contribution in [2.75, 3.05) is 0 Å². The van der Waals surface area contributed by atoms with Crippen molar-refractivity contribution in [1.82, 2.24) is 10.1 Å². The lowest BCUT2D eigenvalue weighted by Crippen LogP contribution is -2.02. The van der Waals surface area contributed by atoms with Crippen molar-refractivity contribution < 1.29 is 14.4 Å². The van der Waals surface area contributed by atoms with Gasteiger partial charge in [0, 0.05) is 17.0 Å². The van der Waals surface area contributed by atoms with Crippen LogP contribution in [0.15, 0.2) is 22.7 Å². The molecule has 0 radical (unpaired) electrons. The van der Waals surface area contributed by atoms with Gasteiger partial charge in [-0.1, -0.05) is 23.7 Å². The number of hydrogen-bond acceptors (Lipinski definition) is 5. The second-order valence-corrected chi connectivity index (χ2v) is 4.54. The zero-order valence-electron chi connectivity index (χ0n) is 10.8. The number of aliphatic hydroxyl groups is 1. The molecule has 1 aromatic carbocycles. The van der Waals surface area contributed by atoms with Crippen molar-refractivity contribution in [2.24, 2.45) is 0 Å². The van der Waals surface area contributed by atoms with Crippen LogP contribution in [-0.2, 0) is 13.0 Å². The predicted molar refractivity (Wildman–Crippen MR) is 70.1 cm³/mol. The average Bonchev–Trinajstić information content (AvgIpc) is 2.85. The molecule has 2 rings (SSSR count). The Morgan fingerprint density at radius 2 is 2.26 bits per heavy atom. The Hall–Kier alpha value is -1.59. The van der Waals surface area contributed by atoms with Crippen LogP contribution in [0.2, 0.25) is 5.02 Å². The second kappa shape index (κ2) is 6.04. The molecule has 1 atom stereocenters. The number of ether oxygens (including phenoxy) is 1. The van der Waals surface area contributed by atoms with Crippen LogP contribution in [0, 0.1) is 0 Å². The smallest absolute Gasteiger partial charge is 0.226 e. The van der Waals surface area contributed by atoms with Crippen molar-refractivity contribution in [3.05, 3.63) is 40.5 Å². The van der Waals surface area contributed by atoms with E-state index in [9.17, 15) is 5.11 Å². The first kappa shape index (κ1) is 13.8. The number of benzene rings is 1. The van der Waals surface area contributed by atoms with Crippen molar-refractivity contribution in [2.45, 2.75) is 33.0 Å². The van der Waals surface area contributed by atoms with Crippen LogP contribution >= 0.6 is 11.6 Å². The molecule has 1 heterocycles. The maximum atomic E-state index is 9.68. The van der Waals surface area contributed by atoms with Crippen LogP contribution in [0.4, 0.5) is 0 Å². The molecule has 0 aliphatic heterocycles. The van der Waals surface area contributed by atoms with Crippen LogP contribution in [0.25, 0.3) is 0 Å². The van der Waals surface area contributed by atoms with Gasteiger partial charge in [0.05, 0.1) is 6.10 Å². The van der Waals surface area contributed by atoms with E-state index < -0.39 is 6.10 Å². The highest BCUT2D eigenvalue weighted by Gasteiger charge is 2.12. The SMILES string of the molecule is CCc1nc(COc2ccc(Cl)cc2[C@H](C)O)no1. The summed E-state index contributed by atoms with van der Waals surface area (Å²) in [5.74, 6) is 1.61. The van der Waals surface area contributed by atoms with Crippen molar-refractivity contribution in [3.8, 4) is 5.75 Å². The number of rotatable bonds is 5. The molecular weight excluding hydrogens is 268 g/mol. The molecule has 0 saturated heterocycles. The minimum atomic E-state index is -0.662. The molecule has 19 heavy (non-hydrogen) atoms. The number of hydrogen-bond donors (Lipinski definition) is 1. The second-order valence-electron chi connectivity index (χ2n) is 4.10. The van der Waals surface area contributed by atoms with Gasteiger partial charge in [0.1, 0.15) is 5.75 Å². The normalized spacial score (nSPS) is 12.4. The van der Waals surface area contributed by atoms with Gasteiger partial charge in [-0.05, 0) is 25.1 Å². The van der Waals surface area contributed by atoms with Crippen molar-refractivity contribution in [1.29, 1.82) is 0 Å². The van der Waals surface area contributed by atoms with Gasteiger partial charge in [-0.3, -0.25) is 0 Å². The molecule has 0 fully saturated rings. The maximum absolute atomic E-state index is 9.68. The minimum absolute atomic E-state index is 0.185. The number of aliphatic hydroxyl groups excluding tert-OH is 1. The molecular formula is C13H15ClN2O3. The fraction of sp³-hybridized carbons (Fsp3) is 0.385. The first-order chi connectivity index (χ1) is 9.10. The average molecular weight is 283 g/mol. The van der Waals surface area contributed by atoms with Gasteiger partial charge in [0.25, 0.3) is 0 Å². The molecule has 6 heteroatoms. The Bertz CT molecular complexity index is 555. The van der Waals surface area contributed by atoms with Gasteiger partial charge < -0.3 is 14.4 Å². The summed E-state index contributed by atoms with van der Waals surface area (Å²) in [6, 6.07) is 5.09. The van der Waals surface area contributed by atoms with Crippen molar-refractivity contribution >= 4 is 11.6 Å². The van der Waals surface area contributed by atoms with E-state index in [4.69, 9.17) is 20.9 Å². The molecule has 0 spiro atoms. The standard InChI is InChI=1S/C13H15ClN2O3/c1-3-13-15-12(16-19-13)7-18-11-5-4-9(14)6-10(11)8(2)17/h4-6,8,17H,3,7H2,1-2H3/t8-/m0/s1. The topological polar surface area (TPSA) is 68.4 Å². The lowest BCUT2D eigenvalue weighted by atomic mass is 10.1. The summed E-state index contributed by atoms with van der Waals surface area (Å²) in [4.78, 5) is 4.14. The molecule has 1 aromatic heterocycles. The van der Waals surface area contributed by atoms with E-state index in [1.165, 1.54) is 0 Å². The van der Waals surface area contributed by atoms with Gasteiger partial charge in [0.15, 0.2) is 6.61 Å². The maximum Gasteiger partial charge on any atom is 0.226 e. The third-order valence-electron chi connectivity index (χ3n) is 2.59. The first-order valence-electron chi connectivity index (χ1n) is 6.02. The zero-order chi connectivity index (χ0) is 13.8. The zero-order valence-corrected chi connectivity index (χ0v) is 11.5. The Morgan fingerprint density at radius 1 is 1.47 bits per heavy atom. The fourth-order valence-electron chi connectivity index (χ4n) is 1.61. The third kappa shape index (κ3) is 3.45. The molecule has 0 unspecified atom stereocenters. The van der Waals surface area contributed by atoms with E-state index >= 15 is 0 Å². The molecule has 0 bridgehead atoms. The number of aromatic nitrogens is 2. The van der Waals surface area contributed by atoms with E-state index in [2.05, 4.69) is 10.1 Å². The van der Waals surface area contributed by atoms with E-state index in [0.717, 1.165) is 0 Å². The number of nitrogens with zero attached hydrogens (tertiary/aromatic N) is 2. The molecule has 102 valence electrons. The number of halogens is 1. The Balaban J connectivity index is 2.10. The first-order valence-corrected chi connectivity index (χ1v) is 6.39. The van der Waals surface area contributed by atoms with E-state index in [1.54, 1.807) is 25.1 Å². The van der Waals surface area contributed by atoms with Gasteiger partial charge in [-0.15, -0.1) is 0 Å².